The van der Waals surface area contributed by atoms with Crippen LogP contribution in [-0.2, 0) is 0 Å². The molecule has 0 spiro atoms. The third-order valence-corrected chi connectivity index (χ3v) is 2.38. The topological polar surface area (TPSA) is 82.9 Å². The number of aromatic nitrogens is 2. The molecule has 0 amide bonds. The molecule has 1 heterocycles. The number of benzene rings is 1. The molecule has 6 nitrogen and oxygen atoms in total. The smallest absolute Gasteiger partial charge is 0.182 e. The first-order valence-electron chi connectivity index (χ1n) is 5.63. The summed E-state index contributed by atoms with van der Waals surface area (Å²) in [5.74, 6) is 2.45. The average molecular weight is 255 g/mol. The van der Waals surface area contributed by atoms with E-state index in [1.807, 2.05) is 30.5 Å². The number of aryl methyl sites for hydroxylation is 1. The molecule has 19 heavy (non-hydrogen) atoms. The summed E-state index contributed by atoms with van der Waals surface area (Å²) in [6.45, 7) is 1.77. The maximum atomic E-state index is 8.59. The zero-order chi connectivity index (χ0) is 13.7. The Morgan fingerprint density at radius 2 is 1.84 bits per heavy atom. The first kappa shape index (κ1) is 12.6. The first-order chi connectivity index (χ1) is 9.21. The maximum Gasteiger partial charge on any atom is 0.182 e. The summed E-state index contributed by atoms with van der Waals surface area (Å²) >= 11 is 0. The molecule has 0 aliphatic rings. The molecule has 2 rings (SSSR count). The summed E-state index contributed by atoms with van der Waals surface area (Å²) in [4.78, 5) is 8.34. The molecule has 0 unspecified atom stereocenters. The van der Waals surface area contributed by atoms with E-state index < -0.39 is 0 Å². The van der Waals surface area contributed by atoms with Gasteiger partial charge >= 0.3 is 0 Å². The Bertz CT molecular complexity index is 603. The lowest BCUT2D eigenvalue weighted by atomic mass is 10.3. The highest BCUT2D eigenvalue weighted by Crippen LogP contribution is 2.20. The van der Waals surface area contributed by atoms with E-state index in [-0.39, 0.29) is 0 Å². The van der Waals surface area contributed by atoms with Crippen molar-refractivity contribution in [2.45, 2.75) is 6.92 Å². The number of nitrogens with zero attached hydrogens (tertiary/aromatic N) is 3. The van der Waals surface area contributed by atoms with Gasteiger partial charge in [0.2, 0.25) is 0 Å². The van der Waals surface area contributed by atoms with Gasteiger partial charge in [-0.05, 0) is 31.2 Å². The number of nitrogens with one attached hydrogen (secondary N) is 2. The number of nitriles is 1. The number of rotatable bonds is 4. The van der Waals surface area contributed by atoms with Crippen LogP contribution in [-0.4, -0.2) is 17.1 Å². The summed E-state index contributed by atoms with van der Waals surface area (Å²) in [6, 6.07) is 9.14. The van der Waals surface area contributed by atoms with Crippen molar-refractivity contribution in [2.75, 3.05) is 17.7 Å². The predicted molar refractivity (Wildman–Crippen MR) is 72.3 cm³/mol. The van der Waals surface area contributed by atoms with Gasteiger partial charge in [-0.25, -0.2) is 9.97 Å². The largest absolute Gasteiger partial charge is 0.497 e. The van der Waals surface area contributed by atoms with Crippen molar-refractivity contribution in [1.29, 1.82) is 5.26 Å². The number of hydrogen-bond acceptors (Lipinski definition) is 6. The van der Waals surface area contributed by atoms with Crippen LogP contribution in [0.3, 0.4) is 0 Å². The van der Waals surface area contributed by atoms with Crippen molar-refractivity contribution in [2.24, 2.45) is 0 Å². The normalized spacial score (nSPS) is 9.53. The van der Waals surface area contributed by atoms with Crippen LogP contribution in [0.4, 0.5) is 17.3 Å². The van der Waals surface area contributed by atoms with Crippen molar-refractivity contribution >= 4 is 17.3 Å². The number of methoxy groups -OCH3 is 1. The molecule has 2 aromatic rings. The molecule has 0 aliphatic carbocycles. The summed E-state index contributed by atoms with van der Waals surface area (Å²) in [5.41, 5.74) is 0.877. The molecule has 0 radical (unpaired) electrons. The van der Waals surface area contributed by atoms with Gasteiger partial charge in [0, 0.05) is 11.8 Å². The molecule has 6 heteroatoms. The van der Waals surface area contributed by atoms with Crippen LogP contribution >= 0.6 is 0 Å². The van der Waals surface area contributed by atoms with Crippen molar-refractivity contribution in [3.8, 4) is 11.9 Å². The Morgan fingerprint density at radius 3 is 2.47 bits per heavy atom. The minimum Gasteiger partial charge on any atom is -0.497 e. The third kappa shape index (κ3) is 3.33. The van der Waals surface area contributed by atoms with Gasteiger partial charge in [0.25, 0.3) is 0 Å². The monoisotopic (exact) mass is 255 g/mol. The summed E-state index contributed by atoms with van der Waals surface area (Å²) in [7, 11) is 1.62. The Morgan fingerprint density at radius 1 is 1.16 bits per heavy atom. The van der Waals surface area contributed by atoms with E-state index in [0.29, 0.717) is 17.5 Å². The highest BCUT2D eigenvalue weighted by molar-refractivity contribution is 5.60. The molecule has 0 fully saturated rings. The minimum absolute atomic E-state index is 0.464. The molecular formula is C13H13N5O. The molecule has 0 saturated carbocycles. The standard InChI is InChI=1S/C13H13N5O/c1-9-16-12(15-8-14)7-13(17-9)18-10-3-5-11(19-2)6-4-10/h3-7H,1-2H3,(H2,15,16,17,18). The van der Waals surface area contributed by atoms with Crippen molar-refractivity contribution in [3.05, 3.63) is 36.2 Å². The third-order valence-electron chi connectivity index (χ3n) is 2.38. The van der Waals surface area contributed by atoms with Crippen molar-refractivity contribution < 1.29 is 4.74 Å². The van der Waals surface area contributed by atoms with Crippen molar-refractivity contribution in [1.82, 2.24) is 9.97 Å². The lowest BCUT2D eigenvalue weighted by Gasteiger charge is -2.08. The molecule has 1 aromatic heterocycles. The molecule has 0 bridgehead atoms. The van der Waals surface area contributed by atoms with Gasteiger partial charge in [0.15, 0.2) is 6.19 Å². The Labute approximate surface area is 111 Å². The number of anilines is 3. The Kier molecular flexibility index (Phi) is 3.78. The quantitative estimate of drug-likeness (QED) is 0.645. The fraction of sp³-hybridized carbons (Fsp3) is 0.154. The Balaban J connectivity index is 2.20. The lowest BCUT2D eigenvalue weighted by Crippen LogP contribution is -2.00. The number of hydrogen-bond donors (Lipinski definition) is 2. The summed E-state index contributed by atoms with van der Waals surface area (Å²) in [5, 5.41) is 14.2. The van der Waals surface area contributed by atoms with Gasteiger partial charge in [0.05, 0.1) is 7.11 Å². The molecular weight excluding hydrogens is 242 g/mol. The fourth-order valence-electron chi connectivity index (χ4n) is 1.58. The van der Waals surface area contributed by atoms with Gasteiger partial charge in [0.1, 0.15) is 23.2 Å². The van der Waals surface area contributed by atoms with E-state index in [9.17, 15) is 0 Å². The highest BCUT2D eigenvalue weighted by atomic mass is 16.5. The van der Waals surface area contributed by atoms with Crippen LogP contribution in [0.25, 0.3) is 0 Å². The van der Waals surface area contributed by atoms with Gasteiger partial charge < -0.3 is 10.1 Å². The molecule has 2 N–H and O–H groups in total. The van der Waals surface area contributed by atoms with Crippen LogP contribution < -0.4 is 15.4 Å². The summed E-state index contributed by atoms with van der Waals surface area (Å²) in [6.07, 6.45) is 1.83. The molecule has 0 atom stereocenters. The maximum absolute atomic E-state index is 8.59. The molecule has 96 valence electrons. The molecule has 0 aliphatic heterocycles. The molecule has 0 saturated heterocycles. The summed E-state index contributed by atoms with van der Waals surface area (Å²) < 4.78 is 5.09. The van der Waals surface area contributed by atoms with Crippen LogP contribution in [0.1, 0.15) is 5.82 Å². The van der Waals surface area contributed by atoms with E-state index in [0.717, 1.165) is 11.4 Å². The van der Waals surface area contributed by atoms with Crippen LogP contribution in [0.15, 0.2) is 30.3 Å². The lowest BCUT2D eigenvalue weighted by molar-refractivity contribution is 0.415. The SMILES string of the molecule is COc1ccc(Nc2cc(NC#N)nc(C)n2)cc1. The van der Waals surface area contributed by atoms with E-state index in [1.165, 1.54) is 0 Å². The van der Waals surface area contributed by atoms with Gasteiger partial charge in [-0.3, -0.25) is 5.32 Å². The highest BCUT2D eigenvalue weighted by Gasteiger charge is 2.02. The second-order valence-electron chi connectivity index (χ2n) is 3.78. The van der Waals surface area contributed by atoms with Crippen LogP contribution in [0.5, 0.6) is 5.75 Å². The minimum atomic E-state index is 0.464. The van der Waals surface area contributed by atoms with Crippen LogP contribution in [0, 0.1) is 18.4 Å². The van der Waals surface area contributed by atoms with E-state index >= 15 is 0 Å². The van der Waals surface area contributed by atoms with E-state index in [2.05, 4.69) is 20.6 Å². The molecule has 1 aromatic carbocycles. The second-order valence-corrected chi connectivity index (χ2v) is 3.78. The van der Waals surface area contributed by atoms with E-state index in [1.54, 1.807) is 20.1 Å². The van der Waals surface area contributed by atoms with E-state index in [4.69, 9.17) is 10.00 Å². The fourth-order valence-corrected chi connectivity index (χ4v) is 1.58. The first-order valence-corrected chi connectivity index (χ1v) is 5.63. The number of ether oxygens (including phenoxy) is 1. The van der Waals surface area contributed by atoms with Gasteiger partial charge in [-0.1, -0.05) is 0 Å². The zero-order valence-corrected chi connectivity index (χ0v) is 10.6. The second kappa shape index (κ2) is 5.69. The van der Waals surface area contributed by atoms with Gasteiger partial charge in [-0.15, -0.1) is 0 Å². The zero-order valence-electron chi connectivity index (χ0n) is 10.6. The average Bonchev–Trinajstić information content (AvgIpc) is 2.39. The predicted octanol–water partition coefficient (Wildman–Crippen LogP) is 2.43. The van der Waals surface area contributed by atoms with Crippen LogP contribution in [0.2, 0.25) is 0 Å². The van der Waals surface area contributed by atoms with Gasteiger partial charge in [-0.2, -0.15) is 5.26 Å². The Hall–Kier alpha value is -2.81. The van der Waals surface area contributed by atoms with Crippen molar-refractivity contribution in [3.63, 3.8) is 0 Å².